The molecule has 0 spiro atoms. The van der Waals surface area contributed by atoms with Gasteiger partial charge in [0.05, 0.1) is 13.0 Å². The molecule has 38 heavy (non-hydrogen) atoms. The largest absolute Gasteiger partial charge is 0.480 e. The zero-order valence-corrected chi connectivity index (χ0v) is 21.6. The van der Waals surface area contributed by atoms with Crippen LogP contribution < -0.4 is 5.32 Å². The molecule has 0 saturated carbocycles. The Balaban J connectivity index is 1.49. The average Bonchev–Trinajstić information content (AvgIpc) is 3.22. The number of carboxylic acid groups (broad SMARTS) is 1. The fourth-order valence-electron chi connectivity index (χ4n) is 4.78. The number of nitrogens with one attached hydrogen (secondary N) is 1. The van der Waals surface area contributed by atoms with Crippen molar-refractivity contribution in [2.75, 3.05) is 13.1 Å². The summed E-state index contributed by atoms with van der Waals surface area (Å²) in [4.78, 5) is 38.4. The Labute approximate surface area is 224 Å². The molecule has 3 aromatic carbocycles. The van der Waals surface area contributed by atoms with Crippen LogP contribution in [0.5, 0.6) is 0 Å². The van der Waals surface area contributed by atoms with E-state index in [1.54, 1.807) is 18.2 Å². The van der Waals surface area contributed by atoms with Crippen LogP contribution in [0.15, 0.2) is 84.9 Å². The van der Waals surface area contributed by atoms with Crippen molar-refractivity contribution in [2.24, 2.45) is 0 Å². The van der Waals surface area contributed by atoms with Gasteiger partial charge in [0.15, 0.2) is 0 Å². The Morgan fingerprint density at radius 2 is 1.39 bits per heavy atom. The third-order valence-electron chi connectivity index (χ3n) is 6.82. The highest BCUT2D eigenvalue weighted by molar-refractivity contribution is 5.96. The lowest BCUT2D eigenvalue weighted by molar-refractivity contribution is -0.150. The minimum atomic E-state index is -1.09. The van der Waals surface area contributed by atoms with E-state index >= 15 is 0 Å². The van der Waals surface area contributed by atoms with Crippen molar-refractivity contribution in [1.82, 2.24) is 15.3 Å². The number of carboxylic acids is 1. The highest BCUT2D eigenvalue weighted by Crippen LogP contribution is 2.18. The molecule has 2 N–H and O–H groups in total. The smallest absolute Gasteiger partial charge is 0.326 e. The first kappa shape index (κ1) is 27.1. The summed E-state index contributed by atoms with van der Waals surface area (Å²) < 4.78 is 0. The molecule has 2 amide bonds. The van der Waals surface area contributed by atoms with Crippen molar-refractivity contribution < 1.29 is 19.5 Å². The molecule has 1 atom stereocenters. The van der Waals surface area contributed by atoms with Gasteiger partial charge in [0, 0.05) is 25.1 Å². The van der Waals surface area contributed by atoms with Crippen LogP contribution in [0.25, 0.3) is 0 Å². The highest BCUT2D eigenvalue weighted by atomic mass is 16.4. The van der Waals surface area contributed by atoms with Crippen LogP contribution in [-0.2, 0) is 29.0 Å². The highest BCUT2D eigenvalue weighted by Gasteiger charge is 2.24. The first-order chi connectivity index (χ1) is 18.5. The molecule has 0 unspecified atom stereocenters. The Hall–Kier alpha value is -3.97. The number of nitrogens with zero attached hydrogens (tertiary/aromatic N) is 2. The molecule has 1 saturated heterocycles. The van der Waals surface area contributed by atoms with Crippen molar-refractivity contribution >= 4 is 17.8 Å². The van der Waals surface area contributed by atoms with E-state index in [2.05, 4.69) is 10.3 Å². The van der Waals surface area contributed by atoms with Crippen molar-refractivity contribution in [3.05, 3.63) is 107 Å². The maximum atomic E-state index is 13.5. The van der Waals surface area contributed by atoms with Gasteiger partial charge in [0.2, 0.25) is 5.91 Å². The van der Waals surface area contributed by atoms with Crippen molar-refractivity contribution in [2.45, 2.75) is 51.1 Å². The van der Waals surface area contributed by atoms with Gasteiger partial charge in [-0.25, -0.2) is 9.80 Å². The zero-order valence-electron chi connectivity index (χ0n) is 21.6. The molecule has 1 aliphatic heterocycles. The number of benzene rings is 3. The van der Waals surface area contributed by atoms with E-state index in [1.807, 2.05) is 71.7 Å². The maximum Gasteiger partial charge on any atom is 0.326 e. The van der Waals surface area contributed by atoms with Crippen LogP contribution in [0.3, 0.4) is 0 Å². The normalized spacial score (nSPS) is 14.7. The Kier molecular flexibility index (Phi) is 9.65. The predicted octanol–water partition coefficient (Wildman–Crippen LogP) is 4.47. The lowest BCUT2D eigenvalue weighted by Crippen LogP contribution is -2.47. The summed E-state index contributed by atoms with van der Waals surface area (Å²) in [7, 11) is 0. The Morgan fingerprint density at radius 3 is 2.03 bits per heavy atom. The summed E-state index contributed by atoms with van der Waals surface area (Å²) >= 11 is 0. The van der Waals surface area contributed by atoms with E-state index in [4.69, 9.17) is 0 Å². The van der Waals surface area contributed by atoms with Crippen LogP contribution >= 0.6 is 0 Å². The molecule has 1 aliphatic rings. The third-order valence-corrected chi connectivity index (χ3v) is 6.82. The van der Waals surface area contributed by atoms with Crippen LogP contribution in [0.1, 0.15) is 52.7 Å². The molecule has 0 aliphatic carbocycles. The van der Waals surface area contributed by atoms with E-state index in [-0.39, 0.29) is 12.3 Å². The fraction of sp³-hybridized carbons (Fsp3) is 0.323. The predicted molar refractivity (Wildman–Crippen MR) is 146 cm³/mol. The molecular weight excluding hydrogens is 478 g/mol. The lowest BCUT2D eigenvalue weighted by atomic mass is 10.0. The van der Waals surface area contributed by atoms with Gasteiger partial charge in [-0.2, -0.15) is 0 Å². The third kappa shape index (κ3) is 7.76. The first-order valence-corrected chi connectivity index (χ1v) is 13.3. The van der Waals surface area contributed by atoms with Crippen LogP contribution in [0.4, 0.5) is 0 Å². The number of carbonyl (C=O) groups excluding carboxylic acids is 2. The van der Waals surface area contributed by atoms with Gasteiger partial charge in [-0.1, -0.05) is 85.6 Å². The Morgan fingerprint density at radius 1 is 0.789 bits per heavy atom. The van der Waals surface area contributed by atoms with Gasteiger partial charge in [-0.15, -0.1) is 0 Å². The Bertz CT molecular complexity index is 1210. The van der Waals surface area contributed by atoms with Gasteiger partial charge < -0.3 is 10.4 Å². The van der Waals surface area contributed by atoms with Gasteiger partial charge >= 0.3 is 5.97 Å². The summed E-state index contributed by atoms with van der Waals surface area (Å²) in [5.41, 5.74) is 2.98. The second kappa shape index (κ2) is 13.5. The second-order valence-electron chi connectivity index (χ2n) is 9.74. The SMILES string of the molecule is O=C(N[C@@H](Cc1ccccc1)C(=O)O)c1cccc(CN(C(=O)Cc2ccccc2)N2CCCCCC2)c1. The fourth-order valence-corrected chi connectivity index (χ4v) is 4.78. The molecular formula is C31H35N3O4. The number of hydrogen-bond acceptors (Lipinski definition) is 4. The summed E-state index contributed by atoms with van der Waals surface area (Å²) in [6.07, 6.45) is 4.88. The van der Waals surface area contributed by atoms with E-state index in [1.165, 1.54) is 0 Å². The number of carbonyl (C=O) groups is 3. The summed E-state index contributed by atoms with van der Waals surface area (Å²) in [5, 5.41) is 16.3. The molecule has 7 nitrogen and oxygen atoms in total. The van der Waals surface area contributed by atoms with Gasteiger partial charge in [0.1, 0.15) is 6.04 Å². The minimum Gasteiger partial charge on any atom is -0.480 e. The van der Waals surface area contributed by atoms with Crippen LogP contribution in [-0.4, -0.2) is 52.0 Å². The number of hydrogen-bond donors (Lipinski definition) is 2. The number of amides is 2. The molecule has 0 radical (unpaired) electrons. The molecule has 1 fully saturated rings. The van der Waals surface area contributed by atoms with E-state index in [0.29, 0.717) is 18.5 Å². The molecule has 4 rings (SSSR count). The van der Waals surface area contributed by atoms with Crippen molar-refractivity contribution in [1.29, 1.82) is 0 Å². The van der Waals surface area contributed by atoms with E-state index in [9.17, 15) is 19.5 Å². The van der Waals surface area contributed by atoms with Gasteiger partial charge in [-0.3, -0.25) is 14.6 Å². The van der Waals surface area contributed by atoms with Crippen LogP contribution in [0, 0.1) is 0 Å². The number of aliphatic carboxylic acids is 1. The van der Waals surface area contributed by atoms with E-state index in [0.717, 1.165) is 55.5 Å². The standard InChI is InChI=1S/C31H35N3O4/c35-29(22-25-14-7-4-8-15-25)34(33-18-9-1-2-10-19-33)23-26-16-11-17-27(20-26)30(36)32-28(31(37)38)21-24-12-5-3-6-13-24/h3-8,11-17,20,28H,1-2,9-10,18-19,21-23H2,(H,32,36)(H,37,38)/t28-/m0/s1. The molecule has 0 aromatic heterocycles. The number of hydrazine groups is 1. The van der Waals surface area contributed by atoms with Gasteiger partial charge in [0.25, 0.3) is 5.91 Å². The number of rotatable bonds is 10. The van der Waals surface area contributed by atoms with Crippen molar-refractivity contribution in [3.8, 4) is 0 Å². The molecule has 0 bridgehead atoms. The minimum absolute atomic E-state index is 0.0155. The quantitative estimate of drug-likeness (QED) is 0.417. The van der Waals surface area contributed by atoms with Gasteiger partial charge in [-0.05, 0) is 41.7 Å². The lowest BCUT2D eigenvalue weighted by Gasteiger charge is -2.34. The summed E-state index contributed by atoms with van der Waals surface area (Å²) in [6, 6.07) is 25.0. The van der Waals surface area contributed by atoms with E-state index < -0.39 is 17.9 Å². The second-order valence-corrected chi connectivity index (χ2v) is 9.74. The molecule has 198 valence electrons. The topological polar surface area (TPSA) is 90.0 Å². The monoisotopic (exact) mass is 513 g/mol. The molecule has 7 heteroatoms. The summed E-state index contributed by atoms with van der Waals surface area (Å²) in [5.74, 6) is -1.52. The first-order valence-electron chi connectivity index (χ1n) is 13.3. The average molecular weight is 514 g/mol. The zero-order chi connectivity index (χ0) is 26.7. The summed E-state index contributed by atoms with van der Waals surface area (Å²) in [6.45, 7) is 1.99. The van der Waals surface area contributed by atoms with Crippen LogP contribution in [0.2, 0.25) is 0 Å². The molecule has 3 aromatic rings. The van der Waals surface area contributed by atoms with Crippen molar-refractivity contribution in [3.63, 3.8) is 0 Å². The maximum absolute atomic E-state index is 13.5. The molecule has 1 heterocycles.